The zero-order valence-corrected chi connectivity index (χ0v) is 14.0. The molecular formula is C17H17N5OS. The standard InChI is InChI=1S/C17H17N5OS/c1-2-22-16(14-10-6-7-11-18-14)20-21-17(22)24-12-15(23)19-13-8-4-3-5-9-13/h3-11H,2,12H2,1H3,(H,19,23). The highest BCUT2D eigenvalue weighted by molar-refractivity contribution is 7.99. The molecule has 122 valence electrons. The van der Waals surface area contributed by atoms with E-state index in [9.17, 15) is 4.79 Å². The molecule has 0 radical (unpaired) electrons. The van der Waals surface area contributed by atoms with Gasteiger partial charge in [-0.1, -0.05) is 36.0 Å². The molecule has 0 saturated heterocycles. The van der Waals surface area contributed by atoms with Gasteiger partial charge in [0.05, 0.1) is 5.75 Å². The third kappa shape index (κ3) is 3.80. The fourth-order valence-electron chi connectivity index (χ4n) is 2.21. The molecule has 1 amide bonds. The smallest absolute Gasteiger partial charge is 0.234 e. The predicted octanol–water partition coefficient (Wildman–Crippen LogP) is 3.09. The van der Waals surface area contributed by atoms with E-state index in [1.54, 1.807) is 6.20 Å². The van der Waals surface area contributed by atoms with E-state index in [-0.39, 0.29) is 11.7 Å². The number of hydrogen-bond acceptors (Lipinski definition) is 5. The van der Waals surface area contributed by atoms with E-state index in [1.165, 1.54) is 11.8 Å². The monoisotopic (exact) mass is 339 g/mol. The fraction of sp³-hybridized carbons (Fsp3) is 0.176. The molecule has 1 aromatic carbocycles. The van der Waals surface area contributed by atoms with Crippen LogP contribution in [0.25, 0.3) is 11.5 Å². The van der Waals surface area contributed by atoms with Gasteiger partial charge in [0.25, 0.3) is 0 Å². The molecule has 0 aliphatic heterocycles. The summed E-state index contributed by atoms with van der Waals surface area (Å²) in [5, 5.41) is 12.0. The van der Waals surface area contributed by atoms with E-state index < -0.39 is 0 Å². The van der Waals surface area contributed by atoms with E-state index >= 15 is 0 Å². The van der Waals surface area contributed by atoms with Crippen LogP contribution in [0, 0.1) is 0 Å². The Bertz CT molecular complexity index is 804. The van der Waals surface area contributed by atoms with Gasteiger partial charge in [-0.05, 0) is 31.2 Å². The molecule has 1 N–H and O–H groups in total. The van der Waals surface area contributed by atoms with Gasteiger partial charge in [-0.15, -0.1) is 10.2 Å². The highest BCUT2D eigenvalue weighted by atomic mass is 32.2. The van der Waals surface area contributed by atoms with Crippen LogP contribution in [0.3, 0.4) is 0 Å². The van der Waals surface area contributed by atoms with Crippen LogP contribution in [0.1, 0.15) is 6.92 Å². The molecule has 0 aliphatic carbocycles. The van der Waals surface area contributed by atoms with Crippen LogP contribution < -0.4 is 5.32 Å². The minimum atomic E-state index is -0.0729. The summed E-state index contributed by atoms with van der Waals surface area (Å²) in [6, 6.07) is 15.1. The van der Waals surface area contributed by atoms with Crippen LogP contribution in [0.5, 0.6) is 0 Å². The van der Waals surface area contributed by atoms with Crippen molar-refractivity contribution in [2.24, 2.45) is 0 Å². The van der Waals surface area contributed by atoms with Gasteiger partial charge < -0.3 is 9.88 Å². The molecular weight excluding hydrogens is 322 g/mol. The molecule has 2 heterocycles. The molecule has 24 heavy (non-hydrogen) atoms. The average Bonchev–Trinajstić information content (AvgIpc) is 3.04. The van der Waals surface area contributed by atoms with E-state index in [0.29, 0.717) is 17.5 Å². The molecule has 0 atom stereocenters. The number of nitrogens with one attached hydrogen (secondary N) is 1. The SMILES string of the molecule is CCn1c(SCC(=O)Nc2ccccc2)nnc1-c1ccccn1. The molecule has 0 bridgehead atoms. The van der Waals surface area contributed by atoms with Gasteiger partial charge in [0.15, 0.2) is 11.0 Å². The Morgan fingerprint density at radius 1 is 1.12 bits per heavy atom. The Morgan fingerprint density at radius 2 is 1.92 bits per heavy atom. The van der Waals surface area contributed by atoms with Crippen LogP contribution >= 0.6 is 11.8 Å². The second kappa shape index (κ2) is 7.74. The van der Waals surface area contributed by atoms with Crippen molar-refractivity contribution in [1.82, 2.24) is 19.7 Å². The van der Waals surface area contributed by atoms with Crippen LogP contribution in [0.2, 0.25) is 0 Å². The van der Waals surface area contributed by atoms with Gasteiger partial charge in [-0.3, -0.25) is 9.78 Å². The first-order chi connectivity index (χ1) is 11.8. The number of rotatable bonds is 6. The minimum absolute atomic E-state index is 0.0729. The van der Waals surface area contributed by atoms with E-state index in [4.69, 9.17) is 0 Å². The lowest BCUT2D eigenvalue weighted by Crippen LogP contribution is -2.14. The van der Waals surface area contributed by atoms with Crippen LogP contribution in [0.15, 0.2) is 59.9 Å². The summed E-state index contributed by atoms with van der Waals surface area (Å²) in [6.07, 6.45) is 1.73. The third-order valence-corrected chi connectivity index (χ3v) is 4.28. The predicted molar refractivity (Wildman–Crippen MR) is 94.7 cm³/mol. The second-order valence-electron chi connectivity index (χ2n) is 4.97. The van der Waals surface area contributed by atoms with Gasteiger partial charge in [0, 0.05) is 18.4 Å². The lowest BCUT2D eigenvalue weighted by atomic mass is 10.3. The molecule has 3 aromatic rings. The summed E-state index contributed by atoms with van der Waals surface area (Å²) >= 11 is 1.36. The van der Waals surface area contributed by atoms with Gasteiger partial charge in [0.1, 0.15) is 5.69 Å². The Hall–Kier alpha value is -2.67. The van der Waals surface area contributed by atoms with E-state index in [0.717, 1.165) is 11.4 Å². The number of aromatic nitrogens is 4. The molecule has 6 nitrogen and oxygen atoms in total. The number of benzene rings is 1. The zero-order chi connectivity index (χ0) is 16.8. The number of hydrogen-bond donors (Lipinski definition) is 1. The maximum atomic E-state index is 12.1. The van der Waals surface area contributed by atoms with Crippen molar-refractivity contribution in [3.63, 3.8) is 0 Å². The number of carbonyl (C=O) groups is 1. The van der Waals surface area contributed by atoms with Crippen molar-refractivity contribution in [1.29, 1.82) is 0 Å². The van der Waals surface area contributed by atoms with E-state index in [2.05, 4.69) is 20.5 Å². The highest BCUT2D eigenvalue weighted by Crippen LogP contribution is 2.22. The summed E-state index contributed by atoms with van der Waals surface area (Å²) in [5.41, 5.74) is 1.56. The van der Waals surface area contributed by atoms with Crippen LogP contribution in [-0.4, -0.2) is 31.4 Å². The zero-order valence-electron chi connectivity index (χ0n) is 13.2. The number of anilines is 1. The molecule has 0 fully saturated rings. The number of amides is 1. The average molecular weight is 339 g/mol. The maximum absolute atomic E-state index is 12.1. The van der Waals surface area contributed by atoms with Crippen molar-refractivity contribution in [2.45, 2.75) is 18.6 Å². The highest BCUT2D eigenvalue weighted by Gasteiger charge is 2.15. The first-order valence-electron chi connectivity index (χ1n) is 7.60. The molecule has 3 rings (SSSR count). The number of thioether (sulfide) groups is 1. The maximum Gasteiger partial charge on any atom is 0.234 e. The van der Waals surface area contributed by atoms with Crippen molar-refractivity contribution >= 4 is 23.4 Å². The molecule has 2 aromatic heterocycles. The van der Waals surface area contributed by atoms with Crippen molar-refractivity contribution in [3.8, 4) is 11.5 Å². The summed E-state index contributed by atoms with van der Waals surface area (Å²) in [7, 11) is 0. The molecule has 0 saturated carbocycles. The third-order valence-electron chi connectivity index (χ3n) is 3.32. The van der Waals surface area contributed by atoms with Gasteiger partial charge in [-0.2, -0.15) is 0 Å². The van der Waals surface area contributed by atoms with E-state index in [1.807, 2.05) is 60.0 Å². The largest absolute Gasteiger partial charge is 0.325 e. The Morgan fingerprint density at radius 3 is 2.62 bits per heavy atom. The minimum Gasteiger partial charge on any atom is -0.325 e. The Labute approximate surface area is 144 Å². The van der Waals surface area contributed by atoms with Gasteiger partial charge in [0.2, 0.25) is 5.91 Å². The normalized spacial score (nSPS) is 10.5. The first kappa shape index (κ1) is 16.2. The number of carbonyl (C=O) groups excluding carboxylic acids is 1. The topological polar surface area (TPSA) is 72.7 Å². The summed E-state index contributed by atoms with van der Waals surface area (Å²) in [5.74, 6) is 0.912. The van der Waals surface area contributed by atoms with Crippen molar-refractivity contribution in [3.05, 3.63) is 54.7 Å². The van der Waals surface area contributed by atoms with Crippen molar-refractivity contribution < 1.29 is 4.79 Å². The summed E-state index contributed by atoms with van der Waals surface area (Å²) in [4.78, 5) is 16.4. The second-order valence-corrected chi connectivity index (χ2v) is 5.91. The number of nitrogens with zero attached hydrogens (tertiary/aromatic N) is 4. The lowest BCUT2D eigenvalue weighted by molar-refractivity contribution is -0.113. The molecule has 0 unspecified atom stereocenters. The molecule has 0 aliphatic rings. The molecule has 0 spiro atoms. The van der Waals surface area contributed by atoms with Crippen molar-refractivity contribution in [2.75, 3.05) is 11.1 Å². The van der Waals surface area contributed by atoms with Crippen LogP contribution in [-0.2, 0) is 11.3 Å². The Balaban J connectivity index is 1.67. The summed E-state index contributed by atoms with van der Waals surface area (Å²) < 4.78 is 1.96. The van der Waals surface area contributed by atoms with Gasteiger partial charge >= 0.3 is 0 Å². The molecule has 7 heteroatoms. The quantitative estimate of drug-likeness (QED) is 0.699. The summed E-state index contributed by atoms with van der Waals surface area (Å²) in [6.45, 7) is 2.73. The fourth-order valence-corrected chi connectivity index (χ4v) is 3.02. The number of pyridine rings is 1. The lowest BCUT2D eigenvalue weighted by Gasteiger charge is -2.07. The Kier molecular flexibility index (Phi) is 5.22. The van der Waals surface area contributed by atoms with Gasteiger partial charge in [-0.25, -0.2) is 0 Å². The first-order valence-corrected chi connectivity index (χ1v) is 8.59. The number of para-hydroxylation sites is 1. The van der Waals surface area contributed by atoms with Crippen LogP contribution in [0.4, 0.5) is 5.69 Å².